The van der Waals surface area contributed by atoms with Gasteiger partial charge in [0.05, 0.1) is 6.61 Å². The van der Waals surface area contributed by atoms with E-state index in [0.29, 0.717) is 25.3 Å². The molecule has 0 aliphatic heterocycles. The highest BCUT2D eigenvalue weighted by atomic mass is 16.6. The monoisotopic (exact) mass is 220 g/mol. The van der Waals surface area contributed by atoms with Gasteiger partial charge in [-0.15, -0.1) is 0 Å². The summed E-state index contributed by atoms with van der Waals surface area (Å²) in [5.41, 5.74) is 9.37. The van der Waals surface area contributed by atoms with Gasteiger partial charge in [-0.1, -0.05) is 30.3 Å². The molecule has 0 unspecified atom stereocenters. The van der Waals surface area contributed by atoms with E-state index in [9.17, 15) is 4.79 Å². The Morgan fingerprint density at radius 2 is 2.12 bits per heavy atom. The molecule has 1 rings (SSSR count). The van der Waals surface area contributed by atoms with Crippen LogP contribution < -0.4 is 11.2 Å². The molecular formula is C12H16N2O2. The molecule has 0 aliphatic rings. The number of rotatable bonds is 7. The predicted molar refractivity (Wildman–Crippen MR) is 61.9 cm³/mol. The lowest BCUT2D eigenvalue weighted by atomic mass is 10.2. The van der Waals surface area contributed by atoms with Crippen molar-refractivity contribution in [2.24, 2.45) is 5.73 Å². The molecule has 1 aromatic rings. The van der Waals surface area contributed by atoms with Gasteiger partial charge in [0.25, 0.3) is 0 Å². The summed E-state index contributed by atoms with van der Waals surface area (Å²) in [5.74, 6) is 1.80. The molecule has 0 aromatic heterocycles. The van der Waals surface area contributed by atoms with Crippen LogP contribution in [0.25, 0.3) is 0 Å². The smallest absolute Gasteiger partial charge is 0.147 e. The molecule has 0 radical (unpaired) electrons. The van der Waals surface area contributed by atoms with E-state index in [0.717, 1.165) is 12.0 Å². The van der Waals surface area contributed by atoms with Gasteiger partial charge in [-0.3, -0.25) is 10.3 Å². The van der Waals surface area contributed by atoms with Crippen molar-refractivity contribution in [2.75, 3.05) is 6.54 Å². The van der Waals surface area contributed by atoms with E-state index in [1.165, 1.54) is 0 Å². The highest BCUT2D eigenvalue weighted by Gasteiger charge is 1.98. The molecule has 0 spiro atoms. The average molecular weight is 220 g/mol. The van der Waals surface area contributed by atoms with E-state index >= 15 is 0 Å². The zero-order valence-corrected chi connectivity index (χ0v) is 9.11. The molecule has 0 saturated heterocycles. The van der Waals surface area contributed by atoms with Crippen molar-refractivity contribution in [1.29, 1.82) is 0 Å². The Kier molecular flexibility index (Phi) is 5.96. The Labute approximate surface area is 95.1 Å². The molecule has 3 N–H and O–H groups in total. The van der Waals surface area contributed by atoms with Crippen LogP contribution in [0.2, 0.25) is 0 Å². The Balaban J connectivity index is 2.26. The topological polar surface area (TPSA) is 64.4 Å². The number of hydroxylamine groups is 1. The van der Waals surface area contributed by atoms with Gasteiger partial charge in [-0.2, -0.15) is 0 Å². The Morgan fingerprint density at radius 1 is 1.38 bits per heavy atom. The van der Waals surface area contributed by atoms with Crippen molar-refractivity contribution in [3.05, 3.63) is 41.6 Å². The van der Waals surface area contributed by atoms with Crippen molar-refractivity contribution in [2.45, 2.75) is 19.4 Å². The average Bonchev–Trinajstić information content (AvgIpc) is 2.35. The standard InChI is InChI=1S/C12H16N2O2/c13-8-4-7-12(9-15)14-16-10-11-5-2-1-3-6-11/h1-3,5-6,14H,4,7-8,10,13H2. The van der Waals surface area contributed by atoms with Crippen LogP contribution in [0, 0.1) is 0 Å². The first kappa shape index (κ1) is 12.5. The Bertz CT molecular complexity index is 345. The third-order valence-electron chi connectivity index (χ3n) is 2.03. The number of allylic oxidation sites excluding steroid dienone is 1. The molecule has 4 heteroatoms. The van der Waals surface area contributed by atoms with Crippen molar-refractivity contribution in [1.82, 2.24) is 5.48 Å². The van der Waals surface area contributed by atoms with E-state index in [-0.39, 0.29) is 0 Å². The highest BCUT2D eigenvalue weighted by Crippen LogP contribution is 2.01. The number of hydrogen-bond acceptors (Lipinski definition) is 4. The molecule has 0 amide bonds. The lowest BCUT2D eigenvalue weighted by Gasteiger charge is -2.07. The maximum atomic E-state index is 10.5. The SMILES string of the molecule is NCCCC(=C=O)NOCc1ccccc1. The molecule has 86 valence electrons. The van der Waals surface area contributed by atoms with Crippen LogP contribution in [0.3, 0.4) is 0 Å². The van der Waals surface area contributed by atoms with E-state index < -0.39 is 0 Å². The quantitative estimate of drug-likeness (QED) is 0.534. The lowest BCUT2D eigenvalue weighted by molar-refractivity contribution is 0.0478. The molecule has 0 fully saturated rings. The highest BCUT2D eigenvalue weighted by molar-refractivity contribution is 5.50. The van der Waals surface area contributed by atoms with Gasteiger partial charge in [0.15, 0.2) is 0 Å². The molecule has 1 aromatic carbocycles. The van der Waals surface area contributed by atoms with Crippen LogP contribution in [-0.4, -0.2) is 12.5 Å². The van der Waals surface area contributed by atoms with E-state index in [4.69, 9.17) is 10.6 Å². The summed E-state index contributed by atoms with van der Waals surface area (Å²) in [6, 6.07) is 9.71. The minimum absolute atomic E-state index is 0.404. The summed E-state index contributed by atoms with van der Waals surface area (Å²) in [6.07, 6.45) is 1.31. The minimum Gasteiger partial charge on any atom is -0.330 e. The zero-order chi connectivity index (χ0) is 11.6. The first-order valence-electron chi connectivity index (χ1n) is 5.22. The van der Waals surface area contributed by atoms with Crippen LogP contribution in [-0.2, 0) is 16.2 Å². The normalized spacial score (nSPS) is 9.56. The minimum atomic E-state index is 0.404. The molecule has 0 atom stereocenters. The largest absolute Gasteiger partial charge is 0.330 e. The summed E-state index contributed by atoms with van der Waals surface area (Å²) in [6.45, 7) is 0.959. The summed E-state index contributed by atoms with van der Waals surface area (Å²) in [5, 5.41) is 0. The van der Waals surface area contributed by atoms with Crippen LogP contribution in [0.5, 0.6) is 0 Å². The third-order valence-corrected chi connectivity index (χ3v) is 2.03. The van der Waals surface area contributed by atoms with Gasteiger partial charge in [0.2, 0.25) is 0 Å². The van der Waals surface area contributed by atoms with Gasteiger partial charge in [-0.05, 0) is 18.5 Å². The fourth-order valence-corrected chi connectivity index (χ4v) is 1.18. The maximum Gasteiger partial charge on any atom is 0.147 e. The molecule has 0 aliphatic carbocycles. The molecule has 0 heterocycles. The molecule has 0 saturated carbocycles. The molecule has 0 bridgehead atoms. The first-order valence-corrected chi connectivity index (χ1v) is 5.22. The van der Waals surface area contributed by atoms with Gasteiger partial charge in [0, 0.05) is 6.42 Å². The van der Waals surface area contributed by atoms with Crippen molar-refractivity contribution in [3.63, 3.8) is 0 Å². The third kappa shape index (κ3) is 4.75. The molecule has 16 heavy (non-hydrogen) atoms. The summed E-state index contributed by atoms with van der Waals surface area (Å²) < 4.78 is 0. The number of benzene rings is 1. The van der Waals surface area contributed by atoms with E-state index in [1.54, 1.807) is 5.94 Å². The van der Waals surface area contributed by atoms with Gasteiger partial charge >= 0.3 is 0 Å². The predicted octanol–water partition coefficient (Wildman–Crippen LogP) is 1.16. The maximum absolute atomic E-state index is 10.5. The fourth-order valence-electron chi connectivity index (χ4n) is 1.18. The van der Waals surface area contributed by atoms with Crippen LogP contribution in [0.15, 0.2) is 36.0 Å². The summed E-state index contributed by atoms with van der Waals surface area (Å²) in [4.78, 5) is 15.7. The van der Waals surface area contributed by atoms with Gasteiger partial charge < -0.3 is 5.73 Å². The second-order valence-corrected chi connectivity index (χ2v) is 3.35. The van der Waals surface area contributed by atoms with Crippen molar-refractivity contribution >= 4 is 5.94 Å². The van der Waals surface area contributed by atoms with Crippen molar-refractivity contribution < 1.29 is 9.63 Å². The van der Waals surface area contributed by atoms with Crippen LogP contribution >= 0.6 is 0 Å². The fraction of sp³-hybridized carbons (Fsp3) is 0.333. The zero-order valence-electron chi connectivity index (χ0n) is 9.11. The second kappa shape index (κ2) is 7.65. The number of hydrogen-bond donors (Lipinski definition) is 2. The second-order valence-electron chi connectivity index (χ2n) is 3.35. The van der Waals surface area contributed by atoms with Crippen molar-refractivity contribution in [3.8, 4) is 0 Å². The van der Waals surface area contributed by atoms with Gasteiger partial charge in [-0.25, -0.2) is 4.79 Å². The number of nitrogens with two attached hydrogens (primary N) is 1. The number of nitrogens with one attached hydrogen (secondary N) is 1. The van der Waals surface area contributed by atoms with Crippen LogP contribution in [0.4, 0.5) is 0 Å². The summed E-state index contributed by atoms with van der Waals surface area (Å²) >= 11 is 0. The summed E-state index contributed by atoms with van der Waals surface area (Å²) in [7, 11) is 0. The van der Waals surface area contributed by atoms with E-state index in [2.05, 4.69) is 5.48 Å². The van der Waals surface area contributed by atoms with Gasteiger partial charge in [0.1, 0.15) is 11.6 Å². The Hall–Kier alpha value is -1.61. The number of carbonyl (C=O) groups excluding carboxylic acids is 1. The van der Waals surface area contributed by atoms with E-state index in [1.807, 2.05) is 30.3 Å². The first-order chi connectivity index (χ1) is 7.86. The molecule has 4 nitrogen and oxygen atoms in total. The lowest BCUT2D eigenvalue weighted by Crippen LogP contribution is -2.15. The molecular weight excluding hydrogens is 204 g/mol. The Morgan fingerprint density at radius 3 is 2.75 bits per heavy atom. The van der Waals surface area contributed by atoms with Crippen LogP contribution in [0.1, 0.15) is 18.4 Å².